The summed E-state index contributed by atoms with van der Waals surface area (Å²) in [5, 5.41) is 0. The summed E-state index contributed by atoms with van der Waals surface area (Å²) < 4.78 is 2.09. The average molecular weight is 164 g/mol. The first-order chi connectivity index (χ1) is 5.79. The first kappa shape index (κ1) is 8.91. The molecule has 1 rings (SSSR count). The highest BCUT2D eigenvalue weighted by Crippen LogP contribution is 2.12. The van der Waals surface area contributed by atoms with E-state index in [1.54, 1.807) is 0 Å². The molecule has 0 spiro atoms. The van der Waals surface area contributed by atoms with Crippen LogP contribution in [0, 0.1) is 0 Å². The summed E-state index contributed by atoms with van der Waals surface area (Å²) in [6.45, 7) is 5.15. The number of nitrogens with zero attached hydrogens (tertiary/aromatic N) is 1. The number of rotatable bonds is 3. The van der Waals surface area contributed by atoms with Crippen LogP contribution in [0.15, 0.2) is 18.2 Å². The second kappa shape index (κ2) is 4.00. The van der Waals surface area contributed by atoms with E-state index in [0.29, 0.717) is 0 Å². The molecule has 0 bridgehead atoms. The first-order valence-corrected chi connectivity index (χ1v) is 4.41. The van der Waals surface area contributed by atoms with Crippen molar-refractivity contribution < 1.29 is 0 Å². The van der Waals surface area contributed by atoms with Gasteiger partial charge in [0.05, 0.1) is 0 Å². The maximum absolute atomic E-state index is 5.75. The monoisotopic (exact) mass is 164 g/mol. The number of hydrogen-bond acceptors (Lipinski definition) is 1. The highest BCUT2D eigenvalue weighted by molar-refractivity contribution is 5.51. The number of nitrogens with two attached hydrogens (primary N) is 1. The van der Waals surface area contributed by atoms with Crippen molar-refractivity contribution in [2.24, 2.45) is 0 Å². The van der Waals surface area contributed by atoms with Crippen molar-refractivity contribution in [2.75, 3.05) is 5.73 Å². The third-order valence-electron chi connectivity index (χ3n) is 1.89. The summed E-state index contributed by atoms with van der Waals surface area (Å²) in [5.41, 5.74) is 6.94. The lowest BCUT2D eigenvalue weighted by Crippen LogP contribution is -2.01. The third-order valence-corrected chi connectivity index (χ3v) is 1.89. The highest BCUT2D eigenvalue weighted by Gasteiger charge is 1.98. The molecule has 2 heteroatoms. The van der Waals surface area contributed by atoms with E-state index in [2.05, 4.69) is 30.6 Å². The Hall–Kier alpha value is -1.18. The molecule has 0 aliphatic heterocycles. The largest absolute Gasteiger partial charge is 0.385 e. The predicted molar refractivity (Wildman–Crippen MR) is 53.8 cm³/mol. The smallest absolute Gasteiger partial charge is 0.103 e. The summed E-state index contributed by atoms with van der Waals surface area (Å²) in [4.78, 5) is 0. The van der Waals surface area contributed by atoms with Gasteiger partial charge >= 0.3 is 0 Å². The van der Waals surface area contributed by atoms with Gasteiger partial charge in [-0.3, -0.25) is 0 Å². The Morgan fingerprint density at radius 2 is 2.17 bits per heavy atom. The second-order valence-corrected chi connectivity index (χ2v) is 2.74. The van der Waals surface area contributed by atoms with Gasteiger partial charge in [-0.15, -0.1) is 0 Å². The molecular weight excluding hydrogens is 148 g/mol. The summed E-state index contributed by atoms with van der Waals surface area (Å²) >= 11 is 0. The van der Waals surface area contributed by atoms with E-state index in [4.69, 9.17) is 5.73 Å². The van der Waals surface area contributed by atoms with Crippen molar-refractivity contribution in [3.8, 4) is 0 Å². The molecule has 0 atom stereocenters. The number of allylic oxidation sites excluding steroid dienone is 1. The summed E-state index contributed by atoms with van der Waals surface area (Å²) in [5.74, 6) is 0.841. The lowest BCUT2D eigenvalue weighted by atomic mass is 10.3. The van der Waals surface area contributed by atoms with Gasteiger partial charge in [0.2, 0.25) is 0 Å². The van der Waals surface area contributed by atoms with Gasteiger partial charge in [-0.2, -0.15) is 0 Å². The van der Waals surface area contributed by atoms with Crippen LogP contribution in [0.1, 0.15) is 26.0 Å². The van der Waals surface area contributed by atoms with E-state index >= 15 is 0 Å². The Labute approximate surface area is 73.7 Å². The third kappa shape index (κ3) is 1.70. The number of nitrogen functional groups attached to an aromatic ring is 1. The zero-order chi connectivity index (χ0) is 8.97. The van der Waals surface area contributed by atoms with Crippen molar-refractivity contribution in [3.05, 3.63) is 23.9 Å². The molecule has 12 heavy (non-hydrogen) atoms. The molecule has 0 saturated heterocycles. The zero-order valence-corrected chi connectivity index (χ0v) is 7.75. The van der Waals surface area contributed by atoms with Gasteiger partial charge < -0.3 is 10.3 Å². The van der Waals surface area contributed by atoms with Gasteiger partial charge in [-0.05, 0) is 31.6 Å². The molecule has 0 radical (unpaired) electrons. The minimum atomic E-state index is 0.841. The molecule has 2 N–H and O–H groups in total. The first-order valence-electron chi connectivity index (χ1n) is 4.41. The van der Waals surface area contributed by atoms with Crippen molar-refractivity contribution >= 4 is 11.9 Å². The van der Waals surface area contributed by atoms with Gasteiger partial charge in [0.1, 0.15) is 5.82 Å². The quantitative estimate of drug-likeness (QED) is 0.731. The van der Waals surface area contributed by atoms with Gasteiger partial charge in [-0.25, -0.2) is 0 Å². The zero-order valence-electron chi connectivity index (χ0n) is 7.75. The predicted octanol–water partition coefficient (Wildman–Crippen LogP) is 2.51. The van der Waals surface area contributed by atoms with Crippen LogP contribution in [0.5, 0.6) is 0 Å². The molecule has 0 aliphatic rings. The molecule has 0 amide bonds. The summed E-state index contributed by atoms with van der Waals surface area (Å²) in [7, 11) is 0. The molecule has 1 aromatic rings. The summed E-state index contributed by atoms with van der Waals surface area (Å²) in [6, 6.07) is 3.99. The van der Waals surface area contributed by atoms with E-state index in [1.165, 1.54) is 5.69 Å². The molecule has 1 aromatic heterocycles. The number of anilines is 1. The molecule has 0 aliphatic carbocycles. The Bertz CT molecular complexity index is 271. The topological polar surface area (TPSA) is 30.9 Å². The minimum absolute atomic E-state index is 0.841. The Kier molecular flexibility index (Phi) is 2.97. The normalized spacial score (nSPS) is 11.2. The van der Waals surface area contributed by atoms with Crippen LogP contribution in [0.2, 0.25) is 0 Å². The van der Waals surface area contributed by atoms with E-state index in [-0.39, 0.29) is 0 Å². The van der Waals surface area contributed by atoms with Crippen LogP contribution >= 0.6 is 0 Å². The van der Waals surface area contributed by atoms with Crippen LogP contribution < -0.4 is 5.73 Å². The molecule has 2 nitrogen and oxygen atoms in total. The Balaban J connectivity index is 2.91. The van der Waals surface area contributed by atoms with Crippen molar-refractivity contribution in [2.45, 2.75) is 26.8 Å². The van der Waals surface area contributed by atoms with Crippen LogP contribution in [0.3, 0.4) is 0 Å². The minimum Gasteiger partial charge on any atom is -0.385 e. The lowest BCUT2D eigenvalue weighted by molar-refractivity contribution is 0.772. The van der Waals surface area contributed by atoms with Gasteiger partial charge in [0.15, 0.2) is 0 Å². The SMILES string of the molecule is CC/C=C\c1ccc(N)n1CC. The fourth-order valence-electron chi connectivity index (χ4n) is 1.25. The van der Waals surface area contributed by atoms with Crippen molar-refractivity contribution in [1.82, 2.24) is 4.57 Å². The van der Waals surface area contributed by atoms with Crippen LogP contribution in [-0.4, -0.2) is 4.57 Å². The van der Waals surface area contributed by atoms with E-state index in [9.17, 15) is 0 Å². The maximum Gasteiger partial charge on any atom is 0.103 e. The Morgan fingerprint density at radius 3 is 2.75 bits per heavy atom. The molecule has 1 heterocycles. The van der Waals surface area contributed by atoms with Crippen molar-refractivity contribution in [1.29, 1.82) is 0 Å². The summed E-state index contributed by atoms with van der Waals surface area (Å²) in [6.07, 6.45) is 5.32. The second-order valence-electron chi connectivity index (χ2n) is 2.74. The number of hydrogen-bond donors (Lipinski definition) is 1. The molecule has 0 unspecified atom stereocenters. The van der Waals surface area contributed by atoms with E-state index < -0.39 is 0 Å². The highest BCUT2D eigenvalue weighted by atomic mass is 15.0. The van der Waals surface area contributed by atoms with E-state index in [0.717, 1.165) is 18.8 Å². The molecule has 0 saturated carbocycles. The molecule has 0 fully saturated rings. The molecule has 66 valence electrons. The number of aromatic nitrogens is 1. The fourth-order valence-corrected chi connectivity index (χ4v) is 1.25. The van der Waals surface area contributed by atoms with Gasteiger partial charge in [0.25, 0.3) is 0 Å². The molecular formula is C10H16N2. The van der Waals surface area contributed by atoms with Gasteiger partial charge in [-0.1, -0.05) is 13.0 Å². The standard InChI is InChI=1S/C10H16N2/c1-3-5-6-9-7-8-10(11)12(9)4-2/h5-8H,3-4,11H2,1-2H3/b6-5-. The van der Waals surface area contributed by atoms with Crippen molar-refractivity contribution in [3.63, 3.8) is 0 Å². The van der Waals surface area contributed by atoms with Gasteiger partial charge in [0, 0.05) is 12.2 Å². The lowest BCUT2D eigenvalue weighted by Gasteiger charge is -2.03. The average Bonchev–Trinajstić information content (AvgIpc) is 2.43. The fraction of sp³-hybridized carbons (Fsp3) is 0.400. The molecule has 0 aromatic carbocycles. The van der Waals surface area contributed by atoms with Crippen LogP contribution in [0.25, 0.3) is 6.08 Å². The van der Waals surface area contributed by atoms with E-state index in [1.807, 2.05) is 12.1 Å². The van der Waals surface area contributed by atoms with Crippen LogP contribution in [-0.2, 0) is 6.54 Å². The van der Waals surface area contributed by atoms with Crippen LogP contribution in [0.4, 0.5) is 5.82 Å². The Morgan fingerprint density at radius 1 is 1.42 bits per heavy atom. The maximum atomic E-state index is 5.75.